The first kappa shape index (κ1) is 16.8. The number of amides is 1. The number of thiophene rings is 1. The molecular weight excluding hydrogens is 342 g/mol. The third kappa shape index (κ3) is 4.74. The van der Waals surface area contributed by atoms with Gasteiger partial charge >= 0.3 is 0 Å². The van der Waals surface area contributed by atoms with Crippen molar-refractivity contribution in [1.82, 2.24) is 4.98 Å². The lowest BCUT2D eigenvalue weighted by Gasteiger charge is -2.05. The number of nitrogens with one attached hydrogen (secondary N) is 1. The first-order chi connectivity index (χ1) is 12.1. The van der Waals surface area contributed by atoms with Crippen LogP contribution in [0.25, 0.3) is 10.1 Å². The number of fused-ring (bicyclic) bond motifs is 1. The van der Waals surface area contributed by atoms with Crippen molar-refractivity contribution >= 4 is 32.3 Å². The molecule has 1 aromatic carbocycles. The molecule has 8 heteroatoms. The third-order valence-corrected chi connectivity index (χ3v) is 4.56. The molecule has 2 heterocycles. The molecule has 0 aliphatic rings. The third-order valence-electron chi connectivity index (χ3n) is 3.56. The van der Waals surface area contributed by atoms with Crippen LogP contribution in [0.5, 0.6) is 0 Å². The fraction of sp³-hybridized carbons (Fsp3) is 0.176. The van der Waals surface area contributed by atoms with Gasteiger partial charge in [-0.15, -0.1) is 21.5 Å². The molecule has 0 aliphatic carbocycles. The van der Waals surface area contributed by atoms with Crippen LogP contribution in [0.4, 0.5) is 5.00 Å². The Bertz CT molecular complexity index is 859. The maximum atomic E-state index is 12.2. The summed E-state index contributed by atoms with van der Waals surface area (Å²) in [7, 11) is 0. The molecule has 3 rings (SSSR count). The van der Waals surface area contributed by atoms with Gasteiger partial charge in [0, 0.05) is 12.4 Å². The average Bonchev–Trinajstić information content (AvgIpc) is 2.98. The van der Waals surface area contributed by atoms with Crippen molar-refractivity contribution in [3.8, 4) is 0 Å². The normalized spacial score (nSPS) is 10.6. The van der Waals surface area contributed by atoms with E-state index in [0.717, 1.165) is 26.2 Å². The topological polar surface area (TPSA) is 94.4 Å². The number of pyridine rings is 1. The molecule has 7 nitrogen and oxygen atoms in total. The van der Waals surface area contributed by atoms with Crippen LogP contribution in [0, 0.1) is 10.1 Å². The summed E-state index contributed by atoms with van der Waals surface area (Å²) < 4.78 is 1.03. The highest BCUT2D eigenvalue weighted by Crippen LogP contribution is 2.28. The Hall–Kier alpha value is -3.00. The van der Waals surface area contributed by atoms with Gasteiger partial charge in [0.1, 0.15) is 6.61 Å². The number of carbonyl (C=O) groups is 1. The van der Waals surface area contributed by atoms with Crippen molar-refractivity contribution in [1.29, 1.82) is 0 Å². The Kier molecular flexibility index (Phi) is 5.20. The molecule has 3 aromatic rings. The summed E-state index contributed by atoms with van der Waals surface area (Å²) in [6.07, 6.45) is 4.21. The minimum atomic E-state index is -0.803. The van der Waals surface area contributed by atoms with Crippen molar-refractivity contribution in [3.05, 3.63) is 70.0 Å². The van der Waals surface area contributed by atoms with Gasteiger partial charge in [-0.05, 0) is 35.1 Å². The quantitative estimate of drug-likeness (QED) is 0.517. The minimum Gasteiger partial charge on any atom is -0.317 e. The van der Waals surface area contributed by atoms with Crippen LogP contribution in [0.1, 0.15) is 11.1 Å². The van der Waals surface area contributed by atoms with Gasteiger partial charge in [-0.25, -0.2) is 0 Å². The van der Waals surface area contributed by atoms with Crippen molar-refractivity contribution in [2.75, 3.05) is 11.9 Å². The van der Waals surface area contributed by atoms with Crippen LogP contribution in [0.3, 0.4) is 0 Å². The number of aromatic nitrogens is 1. The zero-order valence-electron chi connectivity index (χ0n) is 13.2. The lowest BCUT2D eigenvalue weighted by Crippen LogP contribution is -2.13. The minimum absolute atomic E-state index is 0.0215. The van der Waals surface area contributed by atoms with Crippen LogP contribution in [-0.4, -0.2) is 22.6 Å². The molecule has 0 saturated carbocycles. The highest BCUT2D eigenvalue weighted by Gasteiger charge is 2.07. The molecule has 25 heavy (non-hydrogen) atoms. The van der Waals surface area contributed by atoms with Crippen LogP contribution < -0.4 is 5.32 Å². The van der Waals surface area contributed by atoms with Gasteiger partial charge in [0.05, 0.1) is 16.1 Å². The fourth-order valence-electron chi connectivity index (χ4n) is 2.37. The van der Waals surface area contributed by atoms with E-state index in [2.05, 4.69) is 15.1 Å². The summed E-state index contributed by atoms with van der Waals surface area (Å²) in [5.41, 5.74) is 1.79. The summed E-state index contributed by atoms with van der Waals surface area (Å²) in [5.74, 6) is -0.0936. The SMILES string of the molecule is O=C(Cc1ccc(CCO[N+](=O)[O-])cc1)Nc1cc2ccncc2s1. The number of anilines is 1. The highest BCUT2D eigenvalue weighted by molar-refractivity contribution is 7.22. The molecule has 0 atom stereocenters. The highest BCUT2D eigenvalue weighted by atomic mass is 32.1. The first-order valence-corrected chi connectivity index (χ1v) is 8.40. The van der Waals surface area contributed by atoms with Gasteiger partial charge < -0.3 is 10.2 Å². The number of hydrogen-bond donors (Lipinski definition) is 1. The molecule has 0 aliphatic heterocycles. The predicted octanol–water partition coefficient (Wildman–Crippen LogP) is 3.23. The zero-order valence-corrected chi connectivity index (χ0v) is 14.0. The Labute approximate surface area is 147 Å². The number of benzene rings is 1. The molecule has 0 radical (unpaired) electrons. The van der Waals surface area contributed by atoms with E-state index in [1.54, 1.807) is 12.4 Å². The molecule has 0 unspecified atom stereocenters. The molecule has 2 aromatic heterocycles. The predicted molar refractivity (Wildman–Crippen MR) is 95.0 cm³/mol. The summed E-state index contributed by atoms with van der Waals surface area (Å²) in [6.45, 7) is 0.0215. The number of carbonyl (C=O) groups excluding carboxylic acids is 1. The first-order valence-electron chi connectivity index (χ1n) is 7.59. The van der Waals surface area contributed by atoms with E-state index < -0.39 is 5.09 Å². The van der Waals surface area contributed by atoms with E-state index in [9.17, 15) is 14.9 Å². The maximum absolute atomic E-state index is 12.2. The van der Waals surface area contributed by atoms with E-state index in [1.807, 2.05) is 36.4 Å². The van der Waals surface area contributed by atoms with Gasteiger partial charge in [0.15, 0.2) is 0 Å². The molecule has 1 N–H and O–H groups in total. The molecule has 0 spiro atoms. The van der Waals surface area contributed by atoms with Crippen LogP contribution in [0.15, 0.2) is 48.8 Å². The summed E-state index contributed by atoms with van der Waals surface area (Å²) in [5, 5.41) is 14.0. The van der Waals surface area contributed by atoms with Crippen LogP contribution in [-0.2, 0) is 22.5 Å². The van der Waals surface area contributed by atoms with Crippen molar-refractivity contribution in [2.24, 2.45) is 0 Å². The van der Waals surface area contributed by atoms with Crippen molar-refractivity contribution in [3.63, 3.8) is 0 Å². The number of rotatable bonds is 7. The zero-order chi connectivity index (χ0) is 17.6. The van der Waals surface area contributed by atoms with Gasteiger partial charge in [-0.3, -0.25) is 9.78 Å². The van der Waals surface area contributed by atoms with Gasteiger partial charge in [-0.1, -0.05) is 24.3 Å². The fourth-order valence-corrected chi connectivity index (χ4v) is 3.32. The van der Waals surface area contributed by atoms with Crippen molar-refractivity contribution in [2.45, 2.75) is 12.8 Å². The van der Waals surface area contributed by atoms with E-state index in [-0.39, 0.29) is 18.9 Å². The number of hydrogen-bond acceptors (Lipinski definition) is 6. The van der Waals surface area contributed by atoms with E-state index >= 15 is 0 Å². The Morgan fingerprint density at radius 2 is 2.00 bits per heavy atom. The molecule has 0 saturated heterocycles. The Balaban J connectivity index is 1.54. The van der Waals surface area contributed by atoms with Gasteiger partial charge in [-0.2, -0.15) is 0 Å². The van der Waals surface area contributed by atoms with Gasteiger partial charge in [0.2, 0.25) is 5.91 Å². The number of nitrogens with zero attached hydrogens (tertiary/aromatic N) is 2. The van der Waals surface area contributed by atoms with Crippen LogP contribution in [0.2, 0.25) is 0 Å². The second-order valence-electron chi connectivity index (χ2n) is 5.37. The Morgan fingerprint density at radius 3 is 2.72 bits per heavy atom. The molecule has 128 valence electrons. The second-order valence-corrected chi connectivity index (χ2v) is 6.46. The Morgan fingerprint density at radius 1 is 1.24 bits per heavy atom. The van der Waals surface area contributed by atoms with Crippen molar-refractivity contribution < 1.29 is 14.7 Å². The smallest absolute Gasteiger partial charge is 0.294 e. The van der Waals surface area contributed by atoms with Gasteiger partial charge in [0.25, 0.3) is 5.09 Å². The second kappa shape index (κ2) is 7.71. The largest absolute Gasteiger partial charge is 0.317 e. The average molecular weight is 357 g/mol. The molecule has 0 bridgehead atoms. The van der Waals surface area contributed by atoms with E-state index in [0.29, 0.717) is 6.42 Å². The lowest BCUT2D eigenvalue weighted by atomic mass is 10.1. The van der Waals surface area contributed by atoms with E-state index in [4.69, 9.17) is 0 Å². The standard InChI is InChI=1S/C17H15N3O4S/c21-16(19-17-10-14-5-7-18-11-15(14)25-17)9-13-3-1-12(2-4-13)6-8-24-20(22)23/h1-5,7,10-11H,6,8-9H2,(H,19,21). The summed E-state index contributed by atoms with van der Waals surface area (Å²) >= 11 is 1.49. The molecule has 0 fully saturated rings. The van der Waals surface area contributed by atoms with Crippen LogP contribution >= 0.6 is 11.3 Å². The monoisotopic (exact) mass is 357 g/mol. The summed E-state index contributed by atoms with van der Waals surface area (Å²) in [6, 6.07) is 11.2. The molecular formula is C17H15N3O4S. The van der Waals surface area contributed by atoms with E-state index in [1.165, 1.54) is 11.3 Å². The maximum Gasteiger partial charge on any atom is 0.294 e. The lowest BCUT2D eigenvalue weighted by molar-refractivity contribution is -0.757. The summed E-state index contributed by atoms with van der Waals surface area (Å²) in [4.78, 5) is 30.6. The molecule has 1 amide bonds.